The van der Waals surface area contributed by atoms with Crippen molar-refractivity contribution in [3.8, 4) is 17.0 Å². The molecule has 6 nitrogen and oxygen atoms in total. The molecule has 0 aliphatic heterocycles. The van der Waals surface area contributed by atoms with Crippen molar-refractivity contribution < 1.29 is 4.74 Å². The molecule has 0 fully saturated rings. The fourth-order valence-corrected chi connectivity index (χ4v) is 2.39. The molecule has 6 heteroatoms. The van der Waals surface area contributed by atoms with Crippen molar-refractivity contribution >= 4 is 5.65 Å². The first-order valence-electron chi connectivity index (χ1n) is 7.17. The second-order valence-electron chi connectivity index (χ2n) is 5.07. The van der Waals surface area contributed by atoms with Crippen LogP contribution in [0.4, 0.5) is 0 Å². The van der Waals surface area contributed by atoms with Gasteiger partial charge in [0.15, 0.2) is 5.65 Å². The highest BCUT2D eigenvalue weighted by Crippen LogP contribution is 2.23. The zero-order chi connectivity index (χ0) is 15.5. The monoisotopic (exact) mass is 298 g/mol. The quantitative estimate of drug-likeness (QED) is 0.749. The van der Waals surface area contributed by atoms with Gasteiger partial charge in [0, 0.05) is 23.4 Å². The van der Waals surface area contributed by atoms with E-state index in [1.807, 2.05) is 30.3 Å². The number of benzene rings is 1. The highest BCUT2D eigenvalue weighted by Gasteiger charge is 2.08. The van der Waals surface area contributed by atoms with Crippen LogP contribution >= 0.6 is 0 Å². The van der Waals surface area contributed by atoms with Gasteiger partial charge >= 0.3 is 0 Å². The Bertz CT molecular complexity index is 851. The molecule has 0 saturated carbocycles. The Morgan fingerprint density at radius 1 is 1.32 bits per heavy atom. The maximum absolute atomic E-state index is 12.2. The Labute approximate surface area is 127 Å². The van der Waals surface area contributed by atoms with Crippen LogP contribution in [0.3, 0.4) is 0 Å². The van der Waals surface area contributed by atoms with Crippen LogP contribution in [-0.4, -0.2) is 28.3 Å². The minimum absolute atomic E-state index is 0.119. The Hall–Kier alpha value is -2.60. The highest BCUT2D eigenvalue weighted by molar-refractivity contribution is 5.65. The number of hydrogen-bond donors (Lipinski definition) is 2. The molecule has 3 aromatic rings. The molecule has 0 amide bonds. The summed E-state index contributed by atoms with van der Waals surface area (Å²) in [6.45, 7) is 0.587. The second-order valence-corrected chi connectivity index (χ2v) is 5.07. The molecule has 2 aromatic heterocycles. The summed E-state index contributed by atoms with van der Waals surface area (Å²) >= 11 is 0. The number of aromatic nitrogens is 3. The van der Waals surface area contributed by atoms with E-state index in [1.54, 1.807) is 13.2 Å². The maximum Gasteiger partial charge on any atom is 0.272 e. The van der Waals surface area contributed by atoms with Crippen molar-refractivity contribution in [2.24, 2.45) is 5.73 Å². The van der Waals surface area contributed by atoms with Crippen LogP contribution in [0.5, 0.6) is 5.75 Å². The van der Waals surface area contributed by atoms with Crippen molar-refractivity contribution in [1.82, 2.24) is 14.6 Å². The molecule has 0 radical (unpaired) electrons. The lowest BCUT2D eigenvalue weighted by atomic mass is 10.1. The Morgan fingerprint density at radius 2 is 2.18 bits per heavy atom. The average Bonchev–Trinajstić information content (AvgIpc) is 2.97. The van der Waals surface area contributed by atoms with E-state index in [9.17, 15) is 4.79 Å². The van der Waals surface area contributed by atoms with Gasteiger partial charge in [0.2, 0.25) is 0 Å². The summed E-state index contributed by atoms with van der Waals surface area (Å²) in [6.07, 6.45) is 1.53. The molecule has 0 atom stereocenters. The van der Waals surface area contributed by atoms with Crippen LogP contribution in [0.1, 0.15) is 12.1 Å². The number of nitrogens with one attached hydrogen (secondary N) is 1. The molecule has 0 aliphatic rings. The summed E-state index contributed by atoms with van der Waals surface area (Å²) in [7, 11) is 1.63. The van der Waals surface area contributed by atoms with E-state index in [-0.39, 0.29) is 5.56 Å². The molecular formula is C16H18N4O2. The largest absolute Gasteiger partial charge is 0.497 e. The lowest BCUT2D eigenvalue weighted by Crippen LogP contribution is -2.16. The predicted molar refractivity (Wildman–Crippen MR) is 85.2 cm³/mol. The number of H-pyrrole nitrogens is 1. The first-order valence-corrected chi connectivity index (χ1v) is 7.17. The fraction of sp³-hybridized carbons (Fsp3) is 0.250. The van der Waals surface area contributed by atoms with Gasteiger partial charge in [0.05, 0.1) is 12.8 Å². The van der Waals surface area contributed by atoms with Gasteiger partial charge in [-0.25, -0.2) is 9.50 Å². The molecule has 2 heterocycles. The van der Waals surface area contributed by atoms with Crippen LogP contribution in [0.25, 0.3) is 16.9 Å². The van der Waals surface area contributed by atoms with Crippen LogP contribution in [0.2, 0.25) is 0 Å². The molecule has 0 unspecified atom stereocenters. The lowest BCUT2D eigenvalue weighted by molar-refractivity contribution is 0.415. The molecule has 3 N–H and O–H groups in total. The van der Waals surface area contributed by atoms with E-state index in [1.165, 1.54) is 4.52 Å². The zero-order valence-electron chi connectivity index (χ0n) is 12.4. The number of methoxy groups -OCH3 is 1. The van der Waals surface area contributed by atoms with Crippen molar-refractivity contribution in [2.75, 3.05) is 13.7 Å². The standard InChI is InChI=1S/C16H18N4O2/c1-22-13-6-2-4-11(8-13)14-10-15-18-12(5-3-7-17)9-16(21)20(15)19-14/h2,4,6,8-10,19H,3,5,7,17H2,1H3. The number of hydrogen-bond acceptors (Lipinski definition) is 4. The third kappa shape index (κ3) is 2.73. The van der Waals surface area contributed by atoms with E-state index >= 15 is 0 Å². The smallest absolute Gasteiger partial charge is 0.272 e. The van der Waals surface area contributed by atoms with Crippen LogP contribution in [-0.2, 0) is 6.42 Å². The van der Waals surface area contributed by atoms with Gasteiger partial charge in [-0.2, -0.15) is 0 Å². The average molecular weight is 298 g/mol. The summed E-state index contributed by atoms with van der Waals surface area (Å²) in [6, 6.07) is 11.1. The number of nitrogens with two attached hydrogens (primary N) is 1. The molecule has 22 heavy (non-hydrogen) atoms. The molecule has 1 aromatic carbocycles. The Balaban J connectivity index is 2.05. The van der Waals surface area contributed by atoms with E-state index in [2.05, 4.69) is 10.1 Å². The zero-order valence-corrected chi connectivity index (χ0v) is 12.4. The summed E-state index contributed by atoms with van der Waals surface area (Å²) in [4.78, 5) is 16.7. The van der Waals surface area contributed by atoms with Gasteiger partial charge in [-0.3, -0.25) is 9.89 Å². The minimum Gasteiger partial charge on any atom is -0.497 e. The Morgan fingerprint density at radius 3 is 2.95 bits per heavy atom. The van der Waals surface area contributed by atoms with E-state index in [0.717, 1.165) is 29.1 Å². The van der Waals surface area contributed by atoms with E-state index in [0.29, 0.717) is 18.6 Å². The van der Waals surface area contributed by atoms with Crippen LogP contribution in [0.15, 0.2) is 41.2 Å². The number of ether oxygens (including phenoxy) is 1. The lowest BCUT2D eigenvalue weighted by Gasteiger charge is -2.01. The molecular weight excluding hydrogens is 280 g/mol. The van der Waals surface area contributed by atoms with E-state index in [4.69, 9.17) is 10.5 Å². The topological polar surface area (TPSA) is 85.4 Å². The highest BCUT2D eigenvalue weighted by atomic mass is 16.5. The molecule has 3 rings (SSSR count). The summed E-state index contributed by atoms with van der Waals surface area (Å²) in [5.74, 6) is 0.764. The third-order valence-electron chi connectivity index (χ3n) is 3.52. The molecule has 0 spiro atoms. The first kappa shape index (κ1) is 14.3. The second kappa shape index (κ2) is 6.03. The normalized spacial score (nSPS) is 11.0. The van der Waals surface area contributed by atoms with Gasteiger partial charge < -0.3 is 10.5 Å². The fourth-order valence-electron chi connectivity index (χ4n) is 2.39. The van der Waals surface area contributed by atoms with Crippen molar-refractivity contribution in [3.05, 3.63) is 52.4 Å². The summed E-state index contributed by atoms with van der Waals surface area (Å²) in [5, 5.41) is 3.08. The van der Waals surface area contributed by atoms with Crippen LogP contribution < -0.4 is 16.0 Å². The number of fused-ring (bicyclic) bond motifs is 1. The summed E-state index contributed by atoms with van der Waals surface area (Å²) in [5.41, 5.74) is 8.52. The SMILES string of the molecule is COc1cccc(-c2cc3nc(CCCN)cc(=O)n3[nH]2)c1. The van der Waals surface area contributed by atoms with Gasteiger partial charge in [-0.15, -0.1) is 0 Å². The molecule has 0 bridgehead atoms. The maximum atomic E-state index is 12.2. The minimum atomic E-state index is -0.119. The third-order valence-corrected chi connectivity index (χ3v) is 3.52. The van der Waals surface area contributed by atoms with Crippen LogP contribution in [0, 0.1) is 0 Å². The molecule has 0 aliphatic carbocycles. The first-order chi connectivity index (χ1) is 10.7. The van der Waals surface area contributed by atoms with Crippen molar-refractivity contribution in [2.45, 2.75) is 12.8 Å². The number of aromatic amines is 1. The molecule has 114 valence electrons. The van der Waals surface area contributed by atoms with Gasteiger partial charge in [0.25, 0.3) is 5.56 Å². The van der Waals surface area contributed by atoms with Gasteiger partial charge in [0.1, 0.15) is 5.75 Å². The predicted octanol–water partition coefficient (Wildman–Crippen LogP) is 1.59. The van der Waals surface area contributed by atoms with Gasteiger partial charge in [-0.05, 0) is 31.5 Å². The van der Waals surface area contributed by atoms with Crippen molar-refractivity contribution in [3.63, 3.8) is 0 Å². The summed E-state index contributed by atoms with van der Waals surface area (Å²) < 4.78 is 6.67. The molecule has 0 saturated heterocycles. The number of nitrogens with zero attached hydrogens (tertiary/aromatic N) is 2. The number of rotatable bonds is 5. The Kier molecular flexibility index (Phi) is 3.93. The number of aryl methyl sites for hydroxylation is 1. The van der Waals surface area contributed by atoms with E-state index < -0.39 is 0 Å². The van der Waals surface area contributed by atoms with Crippen molar-refractivity contribution in [1.29, 1.82) is 0 Å². The van der Waals surface area contributed by atoms with Gasteiger partial charge in [-0.1, -0.05) is 12.1 Å².